The van der Waals surface area contributed by atoms with Gasteiger partial charge in [-0.1, -0.05) is 6.07 Å². The van der Waals surface area contributed by atoms with Crippen LogP contribution in [0, 0.1) is 6.92 Å². The van der Waals surface area contributed by atoms with E-state index in [9.17, 15) is 18.0 Å². The Bertz CT molecular complexity index is 794. The highest BCUT2D eigenvalue weighted by Gasteiger charge is 2.31. The first-order valence-electron chi connectivity index (χ1n) is 8.47. The number of alkyl halides is 3. The molecule has 1 amide bonds. The second-order valence-electron chi connectivity index (χ2n) is 6.26. The molecule has 27 heavy (non-hydrogen) atoms. The highest BCUT2D eigenvalue weighted by Crippen LogP contribution is 2.29. The van der Waals surface area contributed by atoms with Crippen molar-refractivity contribution in [2.24, 2.45) is 0 Å². The molecule has 0 radical (unpaired) electrons. The fourth-order valence-corrected chi connectivity index (χ4v) is 2.77. The van der Waals surface area contributed by atoms with E-state index < -0.39 is 17.8 Å². The van der Waals surface area contributed by atoms with Crippen LogP contribution >= 0.6 is 0 Å². The van der Waals surface area contributed by atoms with Crippen LogP contribution in [-0.4, -0.2) is 48.2 Å². The van der Waals surface area contributed by atoms with Crippen molar-refractivity contribution in [1.82, 2.24) is 9.88 Å². The number of hydrogen-bond acceptors (Lipinski definition) is 4. The number of rotatable bonds is 3. The van der Waals surface area contributed by atoms with Gasteiger partial charge in [-0.3, -0.25) is 4.79 Å². The van der Waals surface area contributed by atoms with Gasteiger partial charge in [0, 0.05) is 23.9 Å². The summed E-state index contributed by atoms with van der Waals surface area (Å²) in [5.41, 5.74) is 0.210. The van der Waals surface area contributed by atoms with E-state index in [0.717, 1.165) is 17.8 Å². The van der Waals surface area contributed by atoms with Crippen molar-refractivity contribution in [3.8, 4) is 5.88 Å². The number of aryl methyl sites for hydroxylation is 1. The van der Waals surface area contributed by atoms with E-state index in [2.05, 4.69) is 4.98 Å². The van der Waals surface area contributed by atoms with Crippen LogP contribution in [0.2, 0.25) is 0 Å². The number of carbonyl (C=O) groups is 1. The average molecular weight is 380 g/mol. The van der Waals surface area contributed by atoms with Gasteiger partial charge in [-0.05, 0) is 37.3 Å². The molecule has 1 aliphatic rings. The Balaban J connectivity index is 1.70. The average Bonchev–Trinajstić information content (AvgIpc) is 2.86. The molecule has 3 rings (SSSR count). The van der Waals surface area contributed by atoms with Gasteiger partial charge in [0.05, 0.1) is 25.3 Å². The predicted octanol–water partition coefficient (Wildman–Crippen LogP) is 3.33. The zero-order valence-corrected chi connectivity index (χ0v) is 14.7. The van der Waals surface area contributed by atoms with Crippen LogP contribution in [0.4, 0.5) is 13.2 Å². The fraction of sp³-hybridized carbons (Fsp3) is 0.368. The SMILES string of the molecule is Cc1cccc(OC2COCCN(C(=O)c3ccc(C(F)(F)F)cc3)C2)n1. The van der Waals surface area contributed by atoms with Gasteiger partial charge in [0.2, 0.25) is 5.88 Å². The largest absolute Gasteiger partial charge is 0.470 e. The zero-order chi connectivity index (χ0) is 19.4. The number of pyridine rings is 1. The summed E-state index contributed by atoms with van der Waals surface area (Å²) in [6.45, 7) is 3.06. The van der Waals surface area contributed by atoms with Crippen LogP contribution in [-0.2, 0) is 10.9 Å². The van der Waals surface area contributed by atoms with Crippen molar-refractivity contribution in [2.75, 3.05) is 26.3 Å². The van der Waals surface area contributed by atoms with E-state index in [1.54, 1.807) is 6.07 Å². The third-order valence-electron chi connectivity index (χ3n) is 4.13. The van der Waals surface area contributed by atoms with Gasteiger partial charge in [0.25, 0.3) is 5.91 Å². The number of amides is 1. The van der Waals surface area contributed by atoms with Crippen molar-refractivity contribution < 1.29 is 27.4 Å². The molecule has 0 bridgehead atoms. The Kier molecular flexibility index (Phi) is 5.65. The summed E-state index contributed by atoms with van der Waals surface area (Å²) in [7, 11) is 0. The summed E-state index contributed by atoms with van der Waals surface area (Å²) in [6, 6.07) is 9.58. The molecular weight excluding hydrogens is 361 g/mol. The summed E-state index contributed by atoms with van der Waals surface area (Å²) in [5.74, 6) is 0.0763. The van der Waals surface area contributed by atoms with E-state index in [4.69, 9.17) is 9.47 Å². The van der Waals surface area contributed by atoms with Gasteiger partial charge in [-0.15, -0.1) is 0 Å². The van der Waals surface area contributed by atoms with Crippen molar-refractivity contribution >= 4 is 5.91 Å². The molecule has 1 unspecified atom stereocenters. The lowest BCUT2D eigenvalue weighted by Crippen LogP contribution is -2.40. The minimum Gasteiger partial charge on any atom is -0.470 e. The van der Waals surface area contributed by atoms with Crippen molar-refractivity contribution in [1.29, 1.82) is 0 Å². The lowest BCUT2D eigenvalue weighted by molar-refractivity contribution is -0.137. The molecule has 2 aromatic rings. The van der Waals surface area contributed by atoms with Gasteiger partial charge in [-0.25, -0.2) is 4.98 Å². The van der Waals surface area contributed by atoms with Gasteiger partial charge in [-0.2, -0.15) is 13.2 Å². The normalized spacial score (nSPS) is 18.1. The highest BCUT2D eigenvalue weighted by molar-refractivity contribution is 5.94. The number of nitrogens with zero attached hydrogens (tertiary/aromatic N) is 2. The molecule has 0 N–H and O–H groups in total. The van der Waals surface area contributed by atoms with Crippen LogP contribution in [0.1, 0.15) is 21.6 Å². The van der Waals surface area contributed by atoms with Gasteiger partial charge in [0.15, 0.2) is 0 Å². The maximum atomic E-state index is 12.7. The summed E-state index contributed by atoms with van der Waals surface area (Å²) < 4.78 is 49.4. The maximum Gasteiger partial charge on any atom is 0.416 e. The molecular formula is C19H19F3N2O3. The number of benzene rings is 1. The molecule has 0 spiro atoms. The van der Waals surface area contributed by atoms with E-state index >= 15 is 0 Å². The van der Waals surface area contributed by atoms with Gasteiger partial charge < -0.3 is 14.4 Å². The van der Waals surface area contributed by atoms with Crippen LogP contribution in [0.25, 0.3) is 0 Å². The third-order valence-corrected chi connectivity index (χ3v) is 4.13. The molecule has 1 aromatic carbocycles. The molecule has 0 saturated carbocycles. The molecule has 1 fully saturated rings. The molecule has 1 aliphatic heterocycles. The maximum absolute atomic E-state index is 12.7. The highest BCUT2D eigenvalue weighted by atomic mass is 19.4. The predicted molar refractivity (Wildman–Crippen MR) is 91.6 cm³/mol. The Hall–Kier alpha value is -2.61. The number of carbonyl (C=O) groups excluding carboxylic acids is 1. The number of halogens is 3. The van der Waals surface area contributed by atoms with E-state index in [-0.39, 0.29) is 18.0 Å². The van der Waals surface area contributed by atoms with E-state index in [1.165, 1.54) is 17.0 Å². The monoisotopic (exact) mass is 380 g/mol. The molecule has 144 valence electrons. The smallest absolute Gasteiger partial charge is 0.416 e. The lowest BCUT2D eigenvalue weighted by Gasteiger charge is -2.24. The molecule has 1 atom stereocenters. The summed E-state index contributed by atoms with van der Waals surface area (Å²) in [4.78, 5) is 18.5. The fourth-order valence-electron chi connectivity index (χ4n) is 2.77. The Labute approximate surface area is 154 Å². The summed E-state index contributed by atoms with van der Waals surface area (Å²) in [5, 5.41) is 0. The van der Waals surface area contributed by atoms with Gasteiger partial charge in [0.1, 0.15) is 6.10 Å². The molecule has 1 saturated heterocycles. The first-order chi connectivity index (χ1) is 12.8. The minimum atomic E-state index is -4.43. The van der Waals surface area contributed by atoms with Gasteiger partial charge >= 0.3 is 6.18 Å². The van der Waals surface area contributed by atoms with E-state index in [0.29, 0.717) is 25.6 Å². The van der Waals surface area contributed by atoms with Crippen molar-refractivity contribution in [3.63, 3.8) is 0 Å². The first-order valence-corrected chi connectivity index (χ1v) is 8.47. The molecule has 1 aromatic heterocycles. The summed E-state index contributed by atoms with van der Waals surface area (Å²) in [6.07, 6.45) is -4.85. The molecule has 5 nitrogen and oxygen atoms in total. The first kappa shape index (κ1) is 19.2. The lowest BCUT2D eigenvalue weighted by atomic mass is 10.1. The van der Waals surface area contributed by atoms with Crippen molar-refractivity contribution in [3.05, 3.63) is 59.3 Å². The van der Waals surface area contributed by atoms with Crippen LogP contribution in [0.5, 0.6) is 5.88 Å². The second kappa shape index (κ2) is 7.96. The summed E-state index contributed by atoms with van der Waals surface area (Å²) >= 11 is 0. The molecule has 8 heteroatoms. The van der Waals surface area contributed by atoms with E-state index in [1.807, 2.05) is 19.1 Å². The number of aromatic nitrogens is 1. The van der Waals surface area contributed by atoms with Crippen LogP contribution < -0.4 is 4.74 Å². The minimum absolute atomic E-state index is 0.192. The Morgan fingerprint density at radius 1 is 1.22 bits per heavy atom. The Morgan fingerprint density at radius 2 is 1.96 bits per heavy atom. The Morgan fingerprint density at radius 3 is 2.63 bits per heavy atom. The molecule has 0 aliphatic carbocycles. The van der Waals surface area contributed by atoms with Crippen molar-refractivity contribution in [2.45, 2.75) is 19.2 Å². The third kappa shape index (κ3) is 4.97. The number of hydrogen-bond donors (Lipinski definition) is 0. The number of ether oxygens (including phenoxy) is 2. The molecule has 2 heterocycles. The standard InChI is InChI=1S/C19H19F3N2O3/c1-13-3-2-4-17(23-13)27-16-11-24(9-10-26-12-16)18(25)14-5-7-15(8-6-14)19(20,21)22/h2-8,16H,9-12H2,1H3. The second-order valence-corrected chi connectivity index (χ2v) is 6.26. The quantitative estimate of drug-likeness (QED) is 0.820. The zero-order valence-electron chi connectivity index (χ0n) is 14.7. The topological polar surface area (TPSA) is 51.7 Å². The van der Waals surface area contributed by atoms with Crippen LogP contribution in [0.3, 0.4) is 0 Å². The van der Waals surface area contributed by atoms with Crippen LogP contribution in [0.15, 0.2) is 42.5 Å².